The second kappa shape index (κ2) is 4.35. The van der Waals surface area contributed by atoms with Crippen LogP contribution in [0.4, 0.5) is 4.39 Å². The van der Waals surface area contributed by atoms with Crippen molar-refractivity contribution in [2.75, 3.05) is 0 Å². The Bertz CT molecular complexity index is 803. The molecule has 0 bridgehead atoms. The molecule has 0 fully saturated rings. The number of aromatic amines is 1. The highest BCUT2D eigenvalue weighted by atomic mass is 19.1. The summed E-state index contributed by atoms with van der Waals surface area (Å²) in [6.07, 6.45) is 0. The van der Waals surface area contributed by atoms with E-state index < -0.39 is 0 Å². The first-order chi connectivity index (χ1) is 9.13. The van der Waals surface area contributed by atoms with Crippen LogP contribution in [0.25, 0.3) is 22.0 Å². The van der Waals surface area contributed by atoms with Crippen LogP contribution in [0, 0.1) is 12.7 Å². The second-order valence-electron chi connectivity index (χ2n) is 4.61. The number of hydrogen-bond donors (Lipinski definition) is 1. The summed E-state index contributed by atoms with van der Waals surface area (Å²) in [6, 6.07) is 13.7. The standard InChI is InChI=1S/C16H12FNO/c1-10-2-3-12-9-15(18-16(19)14(12)8-10)11-4-6-13(17)7-5-11/h2-9H,1H3,(H,18,19). The van der Waals surface area contributed by atoms with Gasteiger partial charge in [0.1, 0.15) is 5.82 Å². The maximum Gasteiger partial charge on any atom is 0.256 e. The lowest BCUT2D eigenvalue weighted by molar-refractivity contribution is 0.628. The van der Waals surface area contributed by atoms with E-state index in [9.17, 15) is 9.18 Å². The molecule has 0 aliphatic heterocycles. The molecule has 0 atom stereocenters. The van der Waals surface area contributed by atoms with Gasteiger partial charge in [0.05, 0.1) is 0 Å². The third kappa shape index (κ3) is 2.15. The monoisotopic (exact) mass is 253 g/mol. The summed E-state index contributed by atoms with van der Waals surface area (Å²) in [4.78, 5) is 14.9. The van der Waals surface area contributed by atoms with E-state index in [1.54, 1.807) is 12.1 Å². The van der Waals surface area contributed by atoms with Crippen molar-refractivity contribution in [3.8, 4) is 11.3 Å². The lowest BCUT2D eigenvalue weighted by atomic mass is 10.1. The molecule has 0 amide bonds. The van der Waals surface area contributed by atoms with E-state index in [1.165, 1.54) is 12.1 Å². The zero-order valence-corrected chi connectivity index (χ0v) is 10.4. The van der Waals surface area contributed by atoms with Crippen LogP contribution in [0.1, 0.15) is 5.56 Å². The minimum Gasteiger partial charge on any atom is -0.321 e. The van der Waals surface area contributed by atoms with Crippen molar-refractivity contribution in [3.05, 3.63) is 70.3 Å². The molecule has 19 heavy (non-hydrogen) atoms. The van der Waals surface area contributed by atoms with Gasteiger partial charge in [-0.1, -0.05) is 17.7 Å². The smallest absolute Gasteiger partial charge is 0.256 e. The summed E-state index contributed by atoms with van der Waals surface area (Å²) in [5, 5.41) is 1.56. The van der Waals surface area contributed by atoms with Crippen LogP contribution in [0.15, 0.2) is 53.3 Å². The summed E-state index contributed by atoms with van der Waals surface area (Å²) in [7, 11) is 0. The maximum absolute atomic E-state index is 12.9. The Morgan fingerprint density at radius 2 is 1.74 bits per heavy atom. The Kier molecular flexibility index (Phi) is 2.67. The molecule has 1 aromatic heterocycles. The third-order valence-corrected chi connectivity index (χ3v) is 3.16. The Morgan fingerprint density at radius 3 is 2.47 bits per heavy atom. The number of aromatic nitrogens is 1. The molecule has 0 saturated heterocycles. The van der Waals surface area contributed by atoms with Crippen molar-refractivity contribution in [1.29, 1.82) is 0 Å². The van der Waals surface area contributed by atoms with Gasteiger partial charge < -0.3 is 4.98 Å². The molecule has 3 rings (SSSR count). The van der Waals surface area contributed by atoms with Gasteiger partial charge in [0, 0.05) is 11.1 Å². The predicted octanol–water partition coefficient (Wildman–Crippen LogP) is 3.64. The van der Waals surface area contributed by atoms with Gasteiger partial charge >= 0.3 is 0 Å². The van der Waals surface area contributed by atoms with Crippen molar-refractivity contribution in [1.82, 2.24) is 4.98 Å². The number of pyridine rings is 1. The lowest BCUT2D eigenvalue weighted by Gasteiger charge is -2.05. The van der Waals surface area contributed by atoms with E-state index in [4.69, 9.17) is 0 Å². The summed E-state index contributed by atoms with van der Waals surface area (Å²) in [5.74, 6) is -0.289. The third-order valence-electron chi connectivity index (χ3n) is 3.16. The molecule has 0 unspecified atom stereocenters. The van der Waals surface area contributed by atoms with E-state index in [1.807, 2.05) is 31.2 Å². The van der Waals surface area contributed by atoms with Crippen LogP contribution in [-0.4, -0.2) is 4.98 Å². The zero-order chi connectivity index (χ0) is 13.4. The molecule has 0 saturated carbocycles. The molecular formula is C16H12FNO. The number of fused-ring (bicyclic) bond motifs is 1. The average molecular weight is 253 g/mol. The number of H-pyrrole nitrogens is 1. The van der Waals surface area contributed by atoms with Gasteiger partial charge in [-0.05, 0) is 54.3 Å². The predicted molar refractivity (Wildman–Crippen MR) is 74.7 cm³/mol. The maximum atomic E-state index is 12.9. The van der Waals surface area contributed by atoms with Gasteiger partial charge in [0.2, 0.25) is 0 Å². The number of rotatable bonds is 1. The number of aryl methyl sites for hydroxylation is 1. The molecule has 94 valence electrons. The van der Waals surface area contributed by atoms with Gasteiger partial charge in [-0.15, -0.1) is 0 Å². The fourth-order valence-electron chi connectivity index (χ4n) is 2.16. The van der Waals surface area contributed by atoms with E-state index in [-0.39, 0.29) is 11.4 Å². The molecule has 1 N–H and O–H groups in total. The van der Waals surface area contributed by atoms with Crippen molar-refractivity contribution in [2.24, 2.45) is 0 Å². The van der Waals surface area contributed by atoms with E-state index >= 15 is 0 Å². The van der Waals surface area contributed by atoms with Crippen LogP contribution in [0.3, 0.4) is 0 Å². The largest absolute Gasteiger partial charge is 0.321 e. The van der Waals surface area contributed by atoms with Crippen LogP contribution in [-0.2, 0) is 0 Å². The molecule has 2 nitrogen and oxygen atoms in total. The summed E-state index contributed by atoms with van der Waals surface area (Å²) in [6.45, 7) is 1.95. The highest BCUT2D eigenvalue weighted by molar-refractivity contribution is 5.85. The molecule has 0 aliphatic carbocycles. The first-order valence-electron chi connectivity index (χ1n) is 6.03. The van der Waals surface area contributed by atoms with E-state index in [0.29, 0.717) is 11.1 Å². The molecule has 0 spiro atoms. The highest BCUT2D eigenvalue weighted by Gasteiger charge is 2.04. The lowest BCUT2D eigenvalue weighted by Crippen LogP contribution is -2.07. The quantitative estimate of drug-likeness (QED) is 0.705. The number of nitrogens with one attached hydrogen (secondary N) is 1. The minimum atomic E-state index is -0.289. The zero-order valence-electron chi connectivity index (χ0n) is 10.4. The highest BCUT2D eigenvalue weighted by Crippen LogP contribution is 2.20. The fourth-order valence-corrected chi connectivity index (χ4v) is 2.16. The van der Waals surface area contributed by atoms with Gasteiger partial charge in [-0.2, -0.15) is 0 Å². The van der Waals surface area contributed by atoms with Crippen LogP contribution in [0.5, 0.6) is 0 Å². The van der Waals surface area contributed by atoms with Gasteiger partial charge in [0.15, 0.2) is 0 Å². The molecule has 2 aromatic carbocycles. The van der Waals surface area contributed by atoms with Crippen LogP contribution in [0.2, 0.25) is 0 Å². The summed E-state index contributed by atoms with van der Waals surface area (Å²) in [5.41, 5.74) is 2.41. The van der Waals surface area contributed by atoms with Crippen LogP contribution >= 0.6 is 0 Å². The molecule has 0 aliphatic rings. The number of benzene rings is 2. The van der Waals surface area contributed by atoms with Gasteiger partial charge in [0.25, 0.3) is 5.56 Å². The Hall–Kier alpha value is -2.42. The second-order valence-corrected chi connectivity index (χ2v) is 4.61. The minimum absolute atomic E-state index is 0.125. The Balaban J connectivity index is 2.24. The van der Waals surface area contributed by atoms with Gasteiger partial charge in [-0.25, -0.2) is 4.39 Å². The van der Waals surface area contributed by atoms with Crippen LogP contribution < -0.4 is 5.56 Å². The Labute approximate surface area is 109 Å². The molecule has 0 radical (unpaired) electrons. The molecular weight excluding hydrogens is 241 g/mol. The summed E-state index contributed by atoms with van der Waals surface area (Å²) >= 11 is 0. The SMILES string of the molecule is Cc1ccc2cc(-c3ccc(F)cc3)[nH]c(=O)c2c1. The van der Waals surface area contributed by atoms with E-state index in [2.05, 4.69) is 4.98 Å². The van der Waals surface area contributed by atoms with Crippen molar-refractivity contribution in [3.63, 3.8) is 0 Å². The summed E-state index contributed by atoms with van der Waals surface area (Å²) < 4.78 is 12.9. The first-order valence-corrected chi connectivity index (χ1v) is 6.03. The molecule has 1 heterocycles. The Morgan fingerprint density at radius 1 is 1.00 bits per heavy atom. The average Bonchev–Trinajstić information content (AvgIpc) is 2.40. The van der Waals surface area contributed by atoms with Crippen molar-refractivity contribution < 1.29 is 4.39 Å². The van der Waals surface area contributed by atoms with Crippen molar-refractivity contribution in [2.45, 2.75) is 6.92 Å². The van der Waals surface area contributed by atoms with E-state index in [0.717, 1.165) is 16.5 Å². The van der Waals surface area contributed by atoms with Gasteiger partial charge in [-0.3, -0.25) is 4.79 Å². The van der Waals surface area contributed by atoms with Crippen molar-refractivity contribution >= 4 is 10.8 Å². The first kappa shape index (κ1) is 11.7. The normalized spacial score (nSPS) is 10.8. The molecule has 3 heteroatoms. The fraction of sp³-hybridized carbons (Fsp3) is 0.0625. The molecule has 3 aromatic rings. The number of hydrogen-bond acceptors (Lipinski definition) is 1. The topological polar surface area (TPSA) is 32.9 Å². The number of halogens is 1.